The fourth-order valence-electron chi connectivity index (χ4n) is 3.01. The molecule has 0 amide bonds. The Bertz CT molecular complexity index is 709. The van der Waals surface area contributed by atoms with Gasteiger partial charge in [-0.3, -0.25) is 0 Å². The van der Waals surface area contributed by atoms with Gasteiger partial charge < -0.3 is 24.8 Å². The number of aromatic hydroxyl groups is 1. The third kappa shape index (κ3) is 7.58. The van der Waals surface area contributed by atoms with Crippen LogP contribution in [0.1, 0.15) is 38.2 Å². The van der Waals surface area contributed by atoms with Crippen LogP contribution < -0.4 is 4.74 Å². The first-order valence-electron chi connectivity index (χ1n) is 9.29. The normalized spacial score (nSPS) is 13.5. The molecule has 28 heavy (non-hydrogen) atoms. The minimum atomic E-state index is -0.718. The lowest BCUT2D eigenvalue weighted by Crippen LogP contribution is -2.15. The number of methoxy groups -OCH3 is 2. The standard InChI is InChI=1S/C22H31IO5/c1-5-6-16(11-17-12-19(23)22(26)21(13-17)28-4)7-8-20(25)18(9-10-24)15(2)14-27-3/h9,11-13,20,24-26H,2,5-8,10,14H2,1,3-4H3/b16-11+,18-9-. The highest BCUT2D eigenvalue weighted by Crippen LogP contribution is 2.33. The Balaban J connectivity index is 2.98. The zero-order valence-corrected chi connectivity index (χ0v) is 19.0. The number of phenolic OH excluding ortho intramolecular Hbond substituents is 1. The summed E-state index contributed by atoms with van der Waals surface area (Å²) >= 11 is 2.08. The molecule has 0 aliphatic rings. The van der Waals surface area contributed by atoms with Gasteiger partial charge in [0.15, 0.2) is 11.5 Å². The first-order valence-corrected chi connectivity index (χ1v) is 10.4. The minimum absolute atomic E-state index is 0.142. The first-order chi connectivity index (χ1) is 13.4. The number of halogens is 1. The molecule has 0 bridgehead atoms. The van der Waals surface area contributed by atoms with Gasteiger partial charge in [0.2, 0.25) is 0 Å². The Morgan fingerprint density at radius 1 is 1.29 bits per heavy atom. The molecule has 1 rings (SSSR count). The van der Waals surface area contributed by atoms with Crippen molar-refractivity contribution in [3.63, 3.8) is 0 Å². The molecule has 0 heterocycles. The lowest BCUT2D eigenvalue weighted by Gasteiger charge is -2.18. The molecule has 5 nitrogen and oxygen atoms in total. The predicted octanol–water partition coefficient (Wildman–Crippen LogP) is 4.45. The van der Waals surface area contributed by atoms with Crippen molar-refractivity contribution in [2.45, 2.75) is 38.7 Å². The van der Waals surface area contributed by atoms with Gasteiger partial charge in [0.05, 0.1) is 30.0 Å². The summed E-state index contributed by atoms with van der Waals surface area (Å²) in [5.74, 6) is 0.584. The Hall–Kier alpha value is -1.35. The van der Waals surface area contributed by atoms with Crippen LogP contribution in [0.15, 0.2) is 41.5 Å². The van der Waals surface area contributed by atoms with Crippen LogP contribution in [0.25, 0.3) is 6.08 Å². The molecule has 0 saturated carbocycles. The Morgan fingerprint density at radius 2 is 2.00 bits per heavy atom. The summed E-state index contributed by atoms with van der Waals surface area (Å²) in [7, 11) is 3.10. The van der Waals surface area contributed by atoms with E-state index in [0.717, 1.165) is 22.0 Å². The second kappa shape index (κ2) is 13.0. The number of hydrogen-bond donors (Lipinski definition) is 3. The van der Waals surface area contributed by atoms with Crippen LogP contribution in [-0.2, 0) is 4.74 Å². The number of phenols is 1. The number of aliphatic hydroxyl groups is 2. The van der Waals surface area contributed by atoms with Gasteiger partial charge in [-0.25, -0.2) is 0 Å². The van der Waals surface area contributed by atoms with Crippen LogP contribution in [0.4, 0.5) is 0 Å². The van der Waals surface area contributed by atoms with E-state index < -0.39 is 6.10 Å². The first kappa shape index (κ1) is 24.7. The summed E-state index contributed by atoms with van der Waals surface area (Å²) in [6, 6.07) is 3.71. The number of allylic oxidation sites excluding steroid dienone is 1. The average Bonchev–Trinajstić information content (AvgIpc) is 2.66. The summed E-state index contributed by atoms with van der Waals surface area (Å²) in [5.41, 5.74) is 3.45. The van der Waals surface area contributed by atoms with Crippen LogP contribution in [0, 0.1) is 3.57 Å². The van der Waals surface area contributed by atoms with Crippen LogP contribution in [0.3, 0.4) is 0 Å². The molecule has 1 aromatic carbocycles. The highest BCUT2D eigenvalue weighted by Gasteiger charge is 2.15. The summed E-state index contributed by atoms with van der Waals surface area (Å²) < 4.78 is 11.1. The van der Waals surface area contributed by atoms with Crippen molar-refractivity contribution in [2.75, 3.05) is 27.4 Å². The Morgan fingerprint density at radius 3 is 2.57 bits per heavy atom. The van der Waals surface area contributed by atoms with Gasteiger partial charge in [-0.05, 0) is 70.7 Å². The topological polar surface area (TPSA) is 79.2 Å². The number of benzene rings is 1. The number of aliphatic hydroxyl groups excluding tert-OH is 2. The van der Waals surface area contributed by atoms with Gasteiger partial charge in [0, 0.05) is 7.11 Å². The molecular weight excluding hydrogens is 471 g/mol. The van der Waals surface area contributed by atoms with E-state index in [2.05, 4.69) is 42.2 Å². The van der Waals surface area contributed by atoms with Crippen molar-refractivity contribution in [3.8, 4) is 11.5 Å². The summed E-state index contributed by atoms with van der Waals surface area (Å²) in [6.45, 7) is 6.21. The molecule has 6 heteroatoms. The smallest absolute Gasteiger partial charge is 0.171 e. The maximum atomic E-state index is 10.6. The van der Waals surface area contributed by atoms with Gasteiger partial charge >= 0.3 is 0 Å². The van der Waals surface area contributed by atoms with Crippen LogP contribution >= 0.6 is 22.6 Å². The molecule has 3 N–H and O–H groups in total. The minimum Gasteiger partial charge on any atom is -0.504 e. The molecule has 0 aromatic heterocycles. The number of hydrogen-bond acceptors (Lipinski definition) is 5. The van der Waals surface area contributed by atoms with Gasteiger partial charge in [0.25, 0.3) is 0 Å². The van der Waals surface area contributed by atoms with Gasteiger partial charge in [-0.15, -0.1) is 0 Å². The van der Waals surface area contributed by atoms with E-state index in [0.29, 0.717) is 36.3 Å². The third-order valence-electron chi connectivity index (χ3n) is 4.35. The van der Waals surface area contributed by atoms with E-state index in [-0.39, 0.29) is 12.4 Å². The van der Waals surface area contributed by atoms with Crippen molar-refractivity contribution in [1.82, 2.24) is 0 Å². The van der Waals surface area contributed by atoms with E-state index in [9.17, 15) is 15.3 Å². The average molecular weight is 502 g/mol. The number of rotatable bonds is 12. The van der Waals surface area contributed by atoms with Crippen LogP contribution in [-0.4, -0.2) is 48.9 Å². The maximum absolute atomic E-state index is 10.6. The quantitative estimate of drug-likeness (QED) is 0.291. The molecule has 0 fully saturated rings. The molecule has 0 saturated heterocycles. The third-order valence-corrected chi connectivity index (χ3v) is 5.17. The highest BCUT2D eigenvalue weighted by molar-refractivity contribution is 14.1. The maximum Gasteiger partial charge on any atom is 0.171 e. The lowest BCUT2D eigenvalue weighted by molar-refractivity contribution is 0.189. The molecule has 0 aliphatic carbocycles. The molecule has 0 spiro atoms. The van der Waals surface area contributed by atoms with E-state index in [1.165, 1.54) is 12.7 Å². The fraction of sp³-hybridized carbons (Fsp3) is 0.455. The second-order valence-corrected chi connectivity index (χ2v) is 7.70. The SMILES string of the molecule is C=C(COC)/C(=C/CO)C(O)CC/C(=C/c1cc(I)c(O)c(OC)c1)CCC. The van der Waals surface area contributed by atoms with E-state index in [1.54, 1.807) is 19.3 Å². The predicted molar refractivity (Wildman–Crippen MR) is 122 cm³/mol. The fourth-order valence-corrected chi connectivity index (χ4v) is 3.63. The van der Waals surface area contributed by atoms with Crippen LogP contribution in [0.5, 0.6) is 11.5 Å². The lowest BCUT2D eigenvalue weighted by atomic mass is 9.94. The van der Waals surface area contributed by atoms with Crippen molar-refractivity contribution >= 4 is 28.7 Å². The molecule has 156 valence electrons. The summed E-state index contributed by atoms with van der Waals surface area (Å²) in [4.78, 5) is 0. The number of ether oxygens (including phenoxy) is 2. The van der Waals surface area contributed by atoms with Gasteiger partial charge in [-0.2, -0.15) is 0 Å². The summed E-state index contributed by atoms with van der Waals surface area (Å²) in [6.07, 6.45) is 6.07. The summed E-state index contributed by atoms with van der Waals surface area (Å²) in [5, 5.41) is 29.9. The monoisotopic (exact) mass is 502 g/mol. The van der Waals surface area contributed by atoms with E-state index in [1.807, 2.05) is 6.07 Å². The van der Waals surface area contributed by atoms with Crippen molar-refractivity contribution in [3.05, 3.63) is 50.6 Å². The molecule has 1 aromatic rings. The molecule has 1 atom stereocenters. The largest absolute Gasteiger partial charge is 0.504 e. The van der Waals surface area contributed by atoms with Crippen LogP contribution in [0.2, 0.25) is 0 Å². The van der Waals surface area contributed by atoms with E-state index in [4.69, 9.17) is 9.47 Å². The van der Waals surface area contributed by atoms with Gasteiger partial charge in [-0.1, -0.05) is 37.6 Å². The van der Waals surface area contributed by atoms with Crippen molar-refractivity contribution < 1.29 is 24.8 Å². The van der Waals surface area contributed by atoms with Crippen molar-refractivity contribution in [1.29, 1.82) is 0 Å². The zero-order valence-electron chi connectivity index (χ0n) is 16.9. The molecule has 0 aliphatic heterocycles. The highest BCUT2D eigenvalue weighted by atomic mass is 127. The Labute approximate surface area is 181 Å². The second-order valence-electron chi connectivity index (χ2n) is 6.54. The molecular formula is C22H31IO5. The van der Waals surface area contributed by atoms with Crippen molar-refractivity contribution in [2.24, 2.45) is 0 Å². The molecule has 1 unspecified atom stereocenters. The van der Waals surface area contributed by atoms with Gasteiger partial charge in [0.1, 0.15) is 0 Å². The zero-order chi connectivity index (χ0) is 21.1. The van der Waals surface area contributed by atoms with E-state index >= 15 is 0 Å². The Kier molecular flexibility index (Phi) is 11.4. The molecule has 0 radical (unpaired) electrons.